The summed E-state index contributed by atoms with van der Waals surface area (Å²) in [6.07, 6.45) is 0. The van der Waals surface area contributed by atoms with Gasteiger partial charge in [-0.2, -0.15) is 5.26 Å². The molecule has 0 aromatic carbocycles. The summed E-state index contributed by atoms with van der Waals surface area (Å²) in [4.78, 5) is 0. The fourth-order valence-corrected chi connectivity index (χ4v) is 0. The lowest BCUT2D eigenvalue weighted by atomic mass is 10.9. The molecule has 6 heteroatoms. The minimum atomic E-state index is -1.74. The number of rotatable bonds is 0. The molecular formula is C3H2Cl5N. The van der Waals surface area contributed by atoms with Crippen LogP contribution in [0.25, 0.3) is 0 Å². The van der Waals surface area contributed by atoms with Crippen molar-refractivity contribution >= 4 is 58.0 Å². The lowest BCUT2D eigenvalue weighted by molar-refractivity contribution is 1.39. The lowest BCUT2D eigenvalue weighted by Gasteiger charge is -1.90. The number of nitriles is 1. The highest BCUT2D eigenvalue weighted by Gasteiger charge is 2.16. The molecular weight excluding hydrogens is 227 g/mol. The maximum Gasteiger partial charge on any atom is 0.277 e. The van der Waals surface area contributed by atoms with Crippen molar-refractivity contribution in [1.82, 2.24) is 0 Å². The van der Waals surface area contributed by atoms with Crippen molar-refractivity contribution in [2.75, 3.05) is 5.34 Å². The summed E-state index contributed by atoms with van der Waals surface area (Å²) in [6.45, 7) is 0. The molecule has 0 aliphatic heterocycles. The molecule has 0 fully saturated rings. The molecule has 0 amide bonds. The molecule has 0 atom stereocenters. The largest absolute Gasteiger partial charge is 0.277 e. The van der Waals surface area contributed by atoms with E-state index in [-0.39, 0.29) is 5.34 Å². The Morgan fingerprint density at radius 1 is 1.22 bits per heavy atom. The van der Waals surface area contributed by atoms with Gasteiger partial charge in [-0.25, -0.2) is 0 Å². The van der Waals surface area contributed by atoms with Crippen molar-refractivity contribution in [1.29, 1.82) is 5.26 Å². The maximum atomic E-state index is 7.76. The zero-order valence-electron chi connectivity index (χ0n) is 4.04. The molecule has 0 aromatic heterocycles. The first-order valence-corrected chi connectivity index (χ1v) is 3.78. The summed E-state index contributed by atoms with van der Waals surface area (Å²) < 4.78 is -1.74. The van der Waals surface area contributed by atoms with Crippen LogP contribution in [0.3, 0.4) is 0 Å². The zero-order valence-corrected chi connectivity index (χ0v) is 7.82. The molecule has 0 heterocycles. The van der Waals surface area contributed by atoms with Gasteiger partial charge in [0.05, 0.1) is 5.34 Å². The summed E-state index contributed by atoms with van der Waals surface area (Å²) in [6, 6.07) is 1.40. The van der Waals surface area contributed by atoms with E-state index in [2.05, 4.69) is 0 Å². The first-order chi connectivity index (χ1) is 3.97. The molecule has 1 nitrogen and oxygen atoms in total. The Balaban J connectivity index is 0. The van der Waals surface area contributed by atoms with Gasteiger partial charge in [0, 0.05) is 0 Å². The number of hydrogen-bond acceptors (Lipinski definition) is 1. The van der Waals surface area contributed by atoms with Crippen molar-refractivity contribution in [2.45, 2.75) is 3.79 Å². The van der Waals surface area contributed by atoms with Crippen molar-refractivity contribution in [3.05, 3.63) is 0 Å². The van der Waals surface area contributed by atoms with Crippen LogP contribution >= 0.6 is 58.0 Å². The number of hydrogen-bond donors (Lipinski definition) is 0. The molecule has 0 unspecified atom stereocenters. The second-order valence-electron chi connectivity index (χ2n) is 0.711. The van der Waals surface area contributed by atoms with Crippen molar-refractivity contribution in [3.63, 3.8) is 0 Å². The second kappa shape index (κ2) is 7.05. The fraction of sp³-hybridized carbons (Fsp3) is 0.667. The molecule has 0 radical (unpaired) electrons. The second-order valence-corrected chi connectivity index (χ2v) is 3.80. The van der Waals surface area contributed by atoms with E-state index in [9.17, 15) is 0 Å². The molecule has 9 heavy (non-hydrogen) atoms. The molecule has 0 aliphatic rings. The average molecular weight is 229 g/mol. The Hall–Kier alpha value is 0.940. The first kappa shape index (κ1) is 12.6. The molecule has 0 aromatic rings. The van der Waals surface area contributed by atoms with Gasteiger partial charge in [0.15, 0.2) is 0 Å². The Bertz CT molecular complexity index is 89.4. The molecule has 0 saturated heterocycles. The van der Waals surface area contributed by atoms with Gasteiger partial charge in [-0.05, 0) is 0 Å². The van der Waals surface area contributed by atoms with Gasteiger partial charge in [-0.3, -0.25) is 0 Å². The van der Waals surface area contributed by atoms with Gasteiger partial charge < -0.3 is 0 Å². The van der Waals surface area contributed by atoms with Crippen LogP contribution in [-0.2, 0) is 0 Å². The monoisotopic (exact) mass is 227 g/mol. The molecule has 0 spiro atoms. The van der Waals surface area contributed by atoms with Crippen LogP contribution in [0.15, 0.2) is 0 Å². The molecule has 0 N–H and O–H groups in total. The molecule has 0 aliphatic carbocycles. The minimum Gasteiger partial charge on any atom is -0.194 e. The highest BCUT2D eigenvalue weighted by atomic mass is 35.6. The van der Waals surface area contributed by atoms with E-state index in [0.717, 1.165) is 0 Å². The van der Waals surface area contributed by atoms with Crippen LogP contribution in [-0.4, -0.2) is 9.13 Å². The van der Waals surface area contributed by atoms with Gasteiger partial charge in [0.25, 0.3) is 3.79 Å². The van der Waals surface area contributed by atoms with Crippen molar-refractivity contribution in [2.24, 2.45) is 0 Å². The average Bonchev–Trinajstić information content (AvgIpc) is 1.67. The molecule has 0 saturated carbocycles. The predicted octanol–water partition coefficient (Wildman–Crippen LogP) is 3.30. The Morgan fingerprint density at radius 3 is 1.33 bits per heavy atom. The van der Waals surface area contributed by atoms with Gasteiger partial charge in [-0.15, -0.1) is 23.2 Å². The third-order valence-electron chi connectivity index (χ3n) is 0.127. The SMILES string of the molecule is ClCCl.N#CC(Cl)(Cl)Cl. The van der Waals surface area contributed by atoms with Gasteiger partial charge in [0.2, 0.25) is 0 Å². The van der Waals surface area contributed by atoms with E-state index in [1.807, 2.05) is 0 Å². The van der Waals surface area contributed by atoms with Crippen LogP contribution in [0.4, 0.5) is 0 Å². The maximum absolute atomic E-state index is 7.76. The van der Waals surface area contributed by atoms with Crippen LogP contribution in [0.2, 0.25) is 0 Å². The summed E-state index contributed by atoms with van der Waals surface area (Å²) >= 11 is 24.2. The van der Waals surface area contributed by atoms with E-state index >= 15 is 0 Å². The number of alkyl halides is 5. The quantitative estimate of drug-likeness (QED) is 0.585. The Kier molecular flexibility index (Phi) is 9.87. The third kappa shape index (κ3) is 27.7. The third-order valence-corrected chi connectivity index (χ3v) is 0.380. The van der Waals surface area contributed by atoms with Gasteiger partial charge in [-0.1, -0.05) is 34.8 Å². The van der Waals surface area contributed by atoms with Crippen LogP contribution in [0, 0.1) is 11.3 Å². The highest BCUT2D eigenvalue weighted by Crippen LogP contribution is 2.23. The topological polar surface area (TPSA) is 23.8 Å². The number of nitrogens with zero attached hydrogens (tertiary/aromatic N) is 1. The minimum absolute atomic E-state index is 0.194. The standard InChI is InChI=1S/C2Cl3N.CH2Cl2/c3-2(4,5)1-6;2-1-3/h;1H2. The summed E-state index contributed by atoms with van der Waals surface area (Å²) in [5, 5.41) is 7.95. The number of halogens is 5. The van der Waals surface area contributed by atoms with E-state index in [0.29, 0.717) is 0 Å². The first-order valence-electron chi connectivity index (χ1n) is 1.58. The molecule has 54 valence electrons. The van der Waals surface area contributed by atoms with E-state index in [1.54, 1.807) is 0 Å². The Morgan fingerprint density at radius 2 is 1.33 bits per heavy atom. The smallest absolute Gasteiger partial charge is 0.194 e. The fourth-order valence-electron chi connectivity index (χ4n) is 0. The Labute approximate surface area is 78.4 Å². The molecule has 0 rings (SSSR count). The van der Waals surface area contributed by atoms with Crippen LogP contribution in [0.1, 0.15) is 0 Å². The van der Waals surface area contributed by atoms with Gasteiger partial charge >= 0.3 is 0 Å². The van der Waals surface area contributed by atoms with Crippen LogP contribution in [0.5, 0.6) is 0 Å². The van der Waals surface area contributed by atoms with Gasteiger partial charge in [0.1, 0.15) is 6.07 Å². The molecule has 0 bridgehead atoms. The summed E-state index contributed by atoms with van der Waals surface area (Å²) in [7, 11) is 0. The predicted molar refractivity (Wildman–Crippen MR) is 42.5 cm³/mol. The normalized spacial score (nSPS) is 8.89. The highest BCUT2D eigenvalue weighted by molar-refractivity contribution is 6.69. The summed E-state index contributed by atoms with van der Waals surface area (Å²) in [5.74, 6) is 0. The zero-order chi connectivity index (χ0) is 7.91. The van der Waals surface area contributed by atoms with E-state index in [1.165, 1.54) is 6.07 Å². The summed E-state index contributed by atoms with van der Waals surface area (Å²) in [5.41, 5.74) is 0. The van der Waals surface area contributed by atoms with Crippen molar-refractivity contribution in [3.8, 4) is 6.07 Å². The van der Waals surface area contributed by atoms with Crippen molar-refractivity contribution < 1.29 is 0 Å². The van der Waals surface area contributed by atoms with E-state index in [4.69, 9.17) is 63.3 Å². The van der Waals surface area contributed by atoms with E-state index < -0.39 is 3.79 Å². The lowest BCUT2D eigenvalue weighted by Crippen LogP contribution is -1.92. The van der Waals surface area contributed by atoms with Crippen LogP contribution < -0.4 is 0 Å².